The molecule has 1 fully saturated rings. The van der Waals surface area contributed by atoms with Gasteiger partial charge in [-0.15, -0.1) is 0 Å². The Kier molecular flexibility index (Phi) is 4.90. The standard InChI is InChI=1S/C13H23N3O3/c1-9-5-4-6-11(8-17)16(9)7-12-14-13(15-19-12)10(2)18-3/h9-11,17H,4-8H2,1-3H3. The summed E-state index contributed by atoms with van der Waals surface area (Å²) in [5.74, 6) is 1.16. The highest BCUT2D eigenvalue weighted by atomic mass is 16.5. The van der Waals surface area contributed by atoms with Crippen molar-refractivity contribution in [2.45, 2.75) is 57.8 Å². The summed E-state index contributed by atoms with van der Waals surface area (Å²) in [5, 5.41) is 13.4. The summed E-state index contributed by atoms with van der Waals surface area (Å²) < 4.78 is 10.4. The van der Waals surface area contributed by atoms with Crippen LogP contribution in [0.5, 0.6) is 0 Å². The second-order valence-electron chi connectivity index (χ2n) is 5.21. The third-order valence-corrected chi connectivity index (χ3v) is 3.92. The van der Waals surface area contributed by atoms with Gasteiger partial charge in [-0.05, 0) is 26.7 Å². The lowest BCUT2D eigenvalue weighted by Crippen LogP contribution is -2.46. The summed E-state index contributed by atoms with van der Waals surface area (Å²) >= 11 is 0. The fraction of sp³-hybridized carbons (Fsp3) is 0.846. The van der Waals surface area contributed by atoms with Crippen LogP contribution in [0.3, 0.4) is 0 Å². The van der Waals surface area contributed by atoms with Crippen LogP contribution in [0.4, 0.5) is 0 Å². The summed E-state index contributed by atoms with van der Waals surface area (Å²) in [5.41, 5.74) is 0. The zero-order valence-corrected chi connectivity index (χ0v) is 11.9. The van der Waals surface area contributed by atoms with Crippen LogP contribution < -0.4 is 0 Å². The van der Waals surface area contributed by atoms with Crippen LogP contribution >= 0.6 is 0 Å². The molecule has 3 atom stereocenters. The molecule has 1 aliphatic rings. The summed E-state index contributed by atoms with van der Waals surface area (Å²) in [6, 6.07) is 0.625. The van der Waals surface area contributed by atoms with Crippen LogP contribution in [0.2, 0.25) is 0 Å². The molecule has 0 amide bonds. The SMILES string of the molecule is COC(C)c1noc(CN2C(C)CCCC2CO)n1. The average molecular weight is 269 g/mol. The maximum atomic E-state index is 9.46. The van der Waals surface area contributed by atoms with E-state index in [4.69, 9.17) is 9.26 Å². The number of hydrogen-bond acceptors (Lipinski definition) is 6. The molecule has 0 aliphatic carbocycles. The van der Waals surface area contributed by atoms with Gasteiger partial charge in [-0.1, -0.05) is 11.6 Å². The van der Waals surface area contributed by atoms with Crippen LogP contribution in [-0.4, -0.2) is 45.9 Å². The minimum Gasteiger partial charge on any atom is -0.395 e. The van der Waals surface area contributed by atoms with Crippen LogP contribution in [0.25, 0.3) is 0 Å². The Balaban J connectivity index is 2.04. The van der Waals surface area contributed by atoms with E-state index >= 15 is 0 Å². The van der Waals surface area contributed by atoms with E-state index in [0.29, 0.717) is 24.3 Å². The molecule has 0 radical (unpaired) electrons. The number of methoxy groups -OCH3 is 1. The van der Waals surface area contributed by atoms with Crippen molar-refractivity contribution < 1.29 is 14.4 Å². The second-order valence-corrected chi connectivity index (χ2v) is 5.21. The first-order valence-electron chi connectivity index (χ1n) is 6.87. The van der Waals surface area contributed by atoms with E-state index in [2.05, 4.69) is 22.0 Å². The molecule has 108 valence electrons. The van der Waals surface area contributed by atoms with Crippen LogP contribution in [-0.2, 0) is 11.3 Å². The minimum atomic E-state index is -0.162. The minimum absolute atomic E-state index is 0.162. The Morgan fingerprint density at radius 3 is 3.00 bits per heavy atom. The Bertz CT molecular complexity index is 396. The van der Waals surface area contributed by atoms with E-state index in [-0.39, 0.29) is 18.8 Å². The Hall–Kier alpha value is -0.980. The Labute approximate surface area is 113 Å². The molecule has 0 bridgehead atoms. The lowest BCUT2D eigenvalue weighted by Gasteiger charge is -2.38. The quantitative estimate of drug-likeness (QED) is 0.873. The molecule has 0 saturated carbocycles. The van der Waals surface area contributed by atoms with Gasteiger partial charge in [0.2, 0.25) is 5.89 Å². The van der Waals surface area contributed by atoms with Gasteiger partial charge >= 0.3 is 0 Å². The number of piperidine rings is 1. The first-order chi connectivity index (χ1) is 9.15. The molecule has 6 heteroatoms. The van der Waals surface area contributed by atoms with Gasteiger partial charge in [-0.2, -0.15) is 4.98 Å². The number of likely N-dealkylation sites (tertiary alicyclic amines) is 1. The zero-order valence-electron chi connectivity index (χ0n) is 11.9. The highest BCUT2D eigenvalue weighted by Crippen LogP contribution is 2.24. The molecule has 1 aliphatic heterocycles. The molecule has 0 spiro atoms. The van der Waals surface area contributed by atoms with Crippen molar-refractivity contribution in [3.63, 3.8) is 0 Å². The van der Waals surface area contributed by atoms with E-state index in [0.717, 1.165) is 12.8 Å². The zero-order chi connectivity index (χ0) is 13.8. The maximum Gasteiger partial charge on any atom is 0.240 e. The number of aromatic nitrogens is 2. The molecule has 2 heterocycles. The Morgan fingerprint density at radius 1 is 1.53 bits per heavy atom. The van der Waals surface area contributed by atoms with E-state index in [1.54, 1.807) is 7.11 Å². The molecule has 3 unspecified atom stereocenters. The van der Waals surface area contributed by atoms with Gasteiger partial charge in [-0.25, -0.2) is 0 Å². The second kappa shape index (κ2) is 6.45. The third kappa shape index (κ3) is 3.32. The van der Waals surface area contributed by atoms with Crippen molar-refractivity contribution in [3.8, 4) is 0 Å². The highest BCUT2D eigenvalue weighted by molar-refractivity contribution is 4.92. The molecule has 0 aromatic carbocycles. The number of ether oxygens (including phenoxy) is 1. The number of aliphatic hydroxyl groups excluding tert-OH is 1. The van der Waals surface area contributed by atoms with Gasteiger partial charge in [0, 0.05) is 19.2 Å². The van der Waals surface area contributed by atoms with Crippen molar-refractivity contribution in [1.82, 2.24) is 15.0 Å². The fourth-order valence-corrected chi connectivity index (χ4v) is 2.58. The van der Waals surface area contributed by atoms with Gasteiger partial charge in [0.1, 0.15) is 6.10 Å². The topological polar surface area (TPSA) is 71.6 Å². The molecule has 19 heavy (non-hydrogen) atoms. The molecule has 2 rings (SSSR count). The van der Waals surface area contributed by atoms with Gasteiger partial charge in [0.05, 0.1) is 13.2 Å². The largest absolute Gasteiger partial charge is 0.395 e. The van der Waals surface area contributed by atoms with Gasteiger partial charge in [0.25, 0.3) is 0 Å². The van der Waals surface area contributed by atoms with Gasteiger partial charge < -0.3 is 14.4 Å². The molecule has 1 aromatic heterocycles. The van der Waals surface area contributed by atoms with Gasteiger partial charge in [0.15, 0.2) is 5.82 Å². The van der Waals surface area contributed by atoms with Crippen molar-refractivity contribution in [1.29, 1.82) is 0 Å². The summed E-state index contributed by atoms with van der Waals surface area (Å²) in [7, 11) is 1.62. The van der Waals surface area contributed by atoms with Crippen molar-refractivity contribution in [3.05, 3.63) is 11.7 Å². The lowest BCUT2D eigenvalue weighted by molar-refractivity contribution is 0.0370. The van der Waals surface area contributed by atoms with Crippen LogP contribution in [0.15, 0.2) is 4.52 Å². The normalized spacial score (nSPS) is 26.5. The molecule has 6 nitrogen and oxygen atoms in total. The lowest BCUT2D eigenvalue weighted by atomic mass is 9.97. The van der Waals surface area contributed by atoms with E-state index in [1.165, 1.54) is 6.42 Å². The van der Waals surface area contributed by atoms with E-state index in [9.17, 15) is 5.11 Å². The summed E-state index contributed by atoms with van der Waals surface area (Å²) in [6.07, 6.45) is 3.17. The average Bonchev–Trinajstić information content (AvgIpc) is 2.88. The van der Waals surface area contributed by atoms with Gasteiger partial charge in [-0.3, -0.25) is 4.90 Å². The number of nitrogens with zero attached hydrogens (tertiary/aromatic N) is 3. The van der Waals surface area contributed by atoms with Crippen molar-refractivity contribution >= 4 is 0 Å². The number of hydrogen-bond donors (Lipinski definition) is 1. The van der Waals surface area contributed by atoms with Crippen molar-refractivity contribution in [2.24, 2.45) is 0 Å². The van der Waals surface area contributed by atoms with E-state index in [1.807, 2.05) is 6.92 Å². The monoisotopic (exact) mass is 269 g/mol. The summed E-state index contributed by atoms with van der Waals surface area (Å²) in [4.78, 5) is 6.60. The molecular formula is C13H23N3O3. The highest BCUT2D eigenvalue weighted by Gasteiger charge is 2.29. The fourth-order valence-electron chi connectivity index (χ4n) is 2.58. The predicted octanol–water partition coefficient (Wildman–Crippen LogP) is 1.51. The molecule has 1 saturated heterocycles. The van der Waals surface area contributed by atoms with Crippen LogP contribution in [0, 0.1) is 0 Å². The molecular weight excluding hydrogens is 246 g/mol. The molecule has 1 aromatic rings. The van der Waals surface area contributed by atoms with E-state index < -0.39 is 0 Å². The van der Waals surface area contributed by atoms with Crippen LogP contribution in [0.1, 0.15) is 50.9 Å². The smallest absolute Gasteiger partial charge is 0.240 e. The first-order valence-corrected chi connectivity index (χ1v) is 6.87. The third-order valence-electron chi connectivity index (χ3n) is 3.92. The summed E-state index contributed by atoms with van der Waals surface area (Å²) in [6.45, 7) is 4.83. The molecule has 1 N–H and O–H groups in total. The first kappa shape index (κ1) is 14.4. The Morgan fingerprint density at radius 2 is 2.32 bits per heavy atom. The number of aliphatic hydroxyl groups is 1. The van der Waals surface area contributed by atoms with Crippen molar-refractivity contribution in [2.75, 3.05) is 13.7 Å². The predicted molar refractivity (Wildman–Crippen MR) is 69.5 cm³/mol. The maximum absolute atomic E-state index is 9.46. The number of rotatable bonds is 5.